The van der Waals surface area contributed by atoms with Gasteiger partial charge in [0.2, 0.25) is 11.8 Å². The molecule has 3 fully saturated rings. The van der Waals surface area contributed by atoms with Crippen molar-refractivity contribution in [2.75, 3.05) is 13.2 Å². The summed E-state index contributed by atoms with van der Waals surface area (Å²) in [4.78, 5) is 58.3. The molecule has 2 unspecified atom stereocenters. The second-order valence-corrected chi connectivity index (χ2v) is 10.2. The van der Waals surface area contributed by atoms with E-state index in [2.05, 4.69) is 15.6 Å². The van der Waals surface area contributed by atoms with Gasteiger partial charge in [0, 0.05) is 37.6 Å². The quantitative estimate of drug-likeness (QED) is 0.489. The van der Waals surface area contributed by atoms with E-state index in [0.717, 1.165) is 5.39 Å². The van der Waals surface area contributed by atoms with E-state index in [9.17, 15) is 24.3 Å². The van der Waals surface area contributed by atoms with Gasteiger partial charge in [0.25, 0.3) is 11.8 Å². The van der Waals surface area contributed by atoms with Gasteiger partial charge < -0.3 is 25.2 Å². The van der Waals surface area contributed by atoms with Gasteiger partial charge in [0.1, 0.15) is 17.3 Å². The summed E-state index contributed by atoms with van der Waals surface area (Å²) in [6.07, 6.45) is 0.661. The van der Waals surface area contributed by atoms with Gasteiger partial charge in [-0.2, -0.15) is 0 Å². The molecule has 0 aliphatic carbocycles. The Morgan fingerprint density at radius 3 is 2.82 bits per heavy atom. The summed E-state index contributed by atoms with van der Waals surface area (Å²) in [7, 11) is 0. The van der Waals surface area contributed by atoms with Gasteiger partial charge in [-0.25, -0.2) is 5.01 Å². The Morgan fingerprint density at radius 2 is 2.03 bits per heavy atom. The Labute approximate surface area is 225 Å². The highest BCUT2D eigenvalue weighted by molar-refractivity contribution is 6.07. The molecule has 3 aliphatic rings. The van der Waals surface area contributed by atoms with Crippen LogP contribution in [0.4, 0.5) is 0 Å². The summed E-state index contributed by atoms with van der Waals surface area (Å²) in [5.41, 5.74) is -1.24. The first-order chi connectivity index (χ1) is 18.7. The lowest BCUT2D eigenvalue weighted by atomic mass is 9.90. The average Bonchev–Trinajstić information content (AvgIpc) is 3.22. The molecule has 3 aliphatic heterocycles. The van der Waals surface area contributed by atoms with Gasteiger partial charge in [-0.3, -0.25) is 29.2 Å². The number of pyridine rings is 1. The number of amides is 4. The number of hydrogen-bond acceptors (Lipinski definition) is 8. The van der Waals surface area contributed by atoms with Crippen molar-refractivity contribution in [3.63, 3.8) is 0 Å². The molecule has 1 aromatic heterocycles. The summed E-state index contributed by atoms with van der Waals surface area (Å²) in [5, 5.41) is 19.6. The zero-order valence-corrected chi connectivity index (χ0v) is 22.0. The van der Waals surface area contributed by atoms with E-state index in [0.29, 0.717) is 24.8 Å². The van der Waals surface area contributed by atoms with Crippen LogP contribution in [0.15, 0.2) is 36.5 Å². The van der Waals surface area contributed by atoms with E-state index in [1.54, 1.807) is 32.0 Å². The van der Waals surface area contributed by atoms with E-state index in [1.807, 2.05) is 12.1 Å². The predicted molar refractivity (Wildman–Crippen MR) is 137 cm³/mol. The third-order valence-electron chi connectivity index (χ3n) is 7.59. The van der Waals surface area contributed by atoms with Crippen molar-refractivity contribution in [1.29, 1.82) is 0 Å². The average molecular weight is 540 g/mol. The first-order valence-electron chi connectivity index (χ1n) is 13.3. The van der Waals surface area contributed by atoms with Crippen LogP contribution in [0.5, 0.6) is 0 Å². The third kappa shape index (κ3) is 5.07. The topological polar surface area (TPSA) is 150 Å². The largest absolute Gasteiger partial charge is 0.368 e. The first-order valence-corrected chi connectivity index (χ1v) is 13.3. The Balaban J connectivity index is 1.40. The van der Waals surface area contributed by atoms with Gasteiger partial charge in [-0.1, -0.05) is 24.3 Å². The minimum Gasteiger partial charge on any atom is -0.368 e. The van der Waals surface area contributed by atoms with E-state index in [1.165, 1.54) is 16.2 Å². The predicted octanol–water partition coefficient (Wildman–Crippen LogP) is 0.838. The number of carbonyl (C=O) groups excluding carboxylic acids is 4. The van der Waals surface area contributed by atoms with Gasteiger partial charge in [0.05, 0.1) is 6.04 Å². The molecule has 0 bridgehead atoms. The molecule has 3 N–H and O–H groups in total. The van der Waals surface area contributed by atoms with E-state index in [-0.39, 0.29) is 37.4 Å². The number of rotatable bonds is 6. The van der Waals surface area contributed by atoms with Gasteiger partial charge in [0.15, 0.2) is 12.6 Å². The van der Waals surface area contributed by atoms with Crippen LogP contribution in [0.1, 0.15) is 56.4 Å². The van der Waals surface area contributed by atoms with Crippen LogP contribution >= 0.6 is 0 Å². The second kappa shape index (κ2) is 10.9. The summed E-state index contributed by atoms with van der Waals surface area (Å²) >= 11 is 0. The zero-order chi connectivity index (χ0) is 27.7. The standard InChI is InChI=1S/C27H33N5O7/c1-3-38-25-19(15-21(34)39-25)30-26(37)27(2)12-6-14-31-20(33)10-9-18(24(36)32(27)31)29-23(35)22-17-8-5-4-7-16(17)11-13-28-22/h4-5,7-8,11,13,18-19,21,25,34H,3,6,9-10,12,14-15H2,1-2H3,(H,29,35)(H,30,37)/t18?,19-,21?,25+,27+/m0/s1. The summed E-state index contributed by atoms with van der Waals surface area (Å²) < 4.78 is 10.9. The van der Waals surface area contributed by atoms with Crippen molar-refractivity contribution >= 4 is 34.4 Å². The van der Waals surface area contributed by atoms with Crippen molar-refractivity contribution in [2.24, 2.45) is 0 Å². The lowest BCUT2D eigenvalue weighted by Gasteiger charge is -2.49. The first kappa shape index (κ1) is 27.0. The highest BCUT2D eigenvalue weighted by atomic mass is 16.7. The molecule has 0 spiro atoms. The molecular formula is C27H33N5O7. The fourth-order valence-corrected chi connectivity index (χ4v) is 5.59. The number of nitrogens with zero attached hydrogens (tertiary/aromatic N) is 3. The molecule has 39 heavy (non-hydrogen) atoms. The number of aromatic nitrogens is 1. The minimum absolute atomic E-state index is 0.0307. The van der Waals surface area contributed by atoms with E-state index < -0.39 is 47.9 Å². The molecule has 208 valence electrons. The highest BCUT2D eigenvalue weighted by Gasteiger charge is 2.53. The van der Waals surface area contributed by atoms with Crippen LogP contribution in [0.2, 0.25) is 0 Å². The molecule has 0 saturated carbocycles. The molecule has 2 aromatic rings. The number of hydrogen-bond donors (Lipinski definition) is 3. The zero-order valence-electron chi connectivity index (χ0n) is 22.0. The molecule has 12 heteroatoms. The monoisotopic (exact) mass is 539 g/mol. The van der Waals surface area contributed by atoms with Gasteiger partial charge in [-0.15, -0.1) is 0 Å². The maximum Gasteiger partial charge on any atom is 0.271 e. The Bertz CT molecular complexity index is 1280. The van der Waals surface area contributed by atoms with Gasteiger partial charge >= 0.3 is 0 Å². The lowest BCUT2D eigenvalue weighted by Crippen LogP contribution is -2.70. The molecule has 1 aromatic carbocycles. The van der Waals surface area contributed by atoms with Crippen LogP contribution in [-0.2, 0) is 23.9 Å². The number of fused-ring (bicyclic) bond motifs is 2. The number of benzene rings is 1. The molecule has 5 atom stereocenters. The van der Waals surface area contributed by atoms with Gasteiger partial charge in [-0.05, 0) is 44.6 Å². The summed E-state index contributed by atoms with van der Waals surface area (Å²) in [6, 6.07) is 7.43. The second-order valence-electron chi connectivity index (χ2n) is 10.2. The van der Waals surface area contributed by atoms with Crippen LogP contribution in [0.3, 0.4) is 0 Å². The van der Waals surface area contributed by atoms with Crippen LogP contribution in [0.25, 0.3) is 10.8 Å². The maximum atomic E-state index is 14.0. The lowest BCUT2D eigenvalue weighted by molar-refractivity contribution is -0.193. The number of aliphatic hydroxyl groups excluding tert-OH is 1. The normalized spacial score (nSPS) is 29.2. The van der Waals surface area contributed by atoms with Crippen molar-refractivity contribution in [3.05, 3.63) is 42.2 Å². The molecule has 0 radical (unpaired) electrons. The molecule has 5 rings (SSSR count). The number of nitrogens with one attached hydrogen (secondary N) is 2. The molecular weight excluding hydrogens is 506 g/mol. The third-order valence-corrected chi connectivity index (χ3v) is 7.59. The van der Waals surface area contributed by atoms with E-state index in [4.69, 9.17) is 9.47 Å². The highest BCUT2D eigenvalue weighted by Crippen LogP contribution is 2.34. The molecule has 3 saturated heterocycles. The summed E-state index contributed by atoms with van der Waals surface area (Å²) in [6.45, 7) is 3.99. The maximum absolute atomic E-state index is 14.0. The van der Waals surface area contributed by atoms with Crippen molar-refractivity contribution in [1.82, 2.24) is 25.6 Å². The number of aliphatic hydroxyl groups is 1. The number of hydrazine groups is 1. The van der Waals surface area contributed by atoms with Crippen LogP contribution in [-0.4, -0.2) is 87.1 Å². The number of carbonyl (C=O) groups is 4. The van der Waals surface area contributed by atoms with Crippen LogP contribution < -0.4 is 10.6 Å². The molecule has 4 amide bonds. The van der Waals surface area contributed by atoms with Crippen molar-refractivity contribution in [3.8, 4) is 0 Å². The smallest absolute Gasteiger partial charge is 0.271 e. The fourth-order valence-electron chi connectivity index (χ4n) is 5.59. The minimum atomic E-state index is -1.42. The number of ether oxygens (including phenoxy) is 2. The van der Waals surface area contributed by atoms with Crippen molar-refractivity contribution in [2.45, 2.75) is 76.2 Å². The Morgan fingerprint density at radius 1 is 1.23 bits per heavy atom. The Hall–Kier alpha value is -3.61. The van der Waals surface area contributed by atoms with Crippen molar-refractivity contribution < 1.29 is 33.8 Å². The molecule has 12 nitrogen and oxygen atoms in total. The van der Waals surface area contributed by atoms with Crippen LogP contribution in [0, 0.1) is 0 Å². The fraction of sp³-hybridized carbons (Fsp3) is 0.519. The molecule has 4 heterocycles. The Kier molecular flexibility index (Phi) is 7.52. The SMILES string of the molecule is CCO[C@@H]1OC(O)C[C@@H]1NC(=O)[C@@]1(C)CCCN2C(=O)CCC(NC(=O)c3nccc4ccccc34)C(=O)N21. The van der Waals surface area contributed by atoms with E-state index >= 15 is 0 Å². The summed E-state index contributed by atoms with van der Waals surface area (Å²) in [5.74, 6) is -1.88.